The predicted octanol–water partition coefficient (Wildman–Crippen LogP) is -0.171. The lowest BCUT2D eigenvalue weighted by Crippen LogP contribution is -2.20. The van der Waals surface area contributed by atoms with Gasteiger partial charge < -0.3 is 9.84 Å². The molecule has 0 unspecified atom stereocenters. The Bertz CT molecular complexity index is 318. The maximum Gasteiger partial charge on any atom is 0.320 e. The Labute approximate surface area is 88.2 Å². The standard InChI is InChI=1S/C8H14O6S/c1-14-8(11)6-15(12,13)5-3-2-4-7(9)10/h2-6H2,1H3,(H,9,10). The van der Waals surface area contributed by atoms with Crippen LogP contribution in [0.25, 0.3) is 0 Å². The van der Waals surface area contributed by atoms with E-state index in [-0.39, 0.29) is 25.0 Å². The van der Waals surface area contributed by atoms with E-state index in [1.807, 2.05) is 0 Å². The number of hydrogen-bond acceptors (Lipinski definition) is 5. The number of ether oxygens (including phenoxy) is 1. The average molecular weight is 238 g/mol. The number of hydrogen-bond donors (Lipinski definition) is 1. The zero-order chi connectivity index (χ0) is 11.9. The van der Waals surface area contributed by atoms with Gasteiger partial charge in [-0.15, -0.1) is 0 Å². The van der Waals surface area contributed by atoms with Crippen LogP contribution in [0.2, 0.25) is 0 Å². The van der Waals surface area contributed by atoms with Gasteiger partial charge in [-0.1, -0.05) is 0 Å². The van der Waals surface area contributed by atoms with E-state index in [2.05, 4.69) is 4.74 Å². The van der Waals surface area contributed by atoms with Gasteiger partial charge in [0.15, 0.2) is 9.84 Å². The molecule has 0 aromatic rings. The van der Waals surface area contributed by atoms with Crippen LogP contribution in [0.4, 0.5) is 0 Å². The van der Waals surface area contributed by atoms with E-state index in [9.17, 15) is 18.0 Å². The van der Waals surface area contributed by atoms with E-state index in [4.69, 9.17) is 5.11 Å². The molecule has 0 aliphatic heterocycles. The first-order valence-electron chi connectivity index (χ1n) is 4.36. The molecule has 0 saturated heterocycles. The molecule has 0 aliphatic carbocycles. The molecule has 15 heavy (non-hydrogen) atoms. The van der Waals surface area contributed by atoms with Crippen molar-refractivity contribution in [1.29, 1.82) is 0 Å². The van der Waals surface area contributed by atoms with Crippen LogP contribution in [0.3, 0.4) is 0 Å². The van der Waals surface area contributed by atoms with Gasteiger partial charge in [-0.05, 0) is 12.8 Å². The van der Waals surface area contributed by atoms with Gasteiger partial charge in [0, 0.05) is 6.42 Å². The summed E-state index contributed by atoms with van der Waals surface area (Å²) in [5.74, 6) is -2.58. The van der Waals surface area contributed by atoms with Gasteiger partial charge >= 0.3 is 11.9 Å². The molecule has 7 heteroatoms. The fourth-order valence-electron chi connectivity index (χ4n) is 0.909. The number of carboxylic acids is 1. The van der Waals surface area contributed by atoms with Gasteiger partial charge in [0.05, 0.1) is 12.9 Å². The summed E-state index contributed by atoms with van der Waals surface area (Å²) in [5, 5.41) is 8.30. The van der Waals surface area contributed by atoms with Gasteiger partial charge in [0.1, 0.15) is 5.75 Å². The molecular formula is C8H14O6S. The highest BCUT2D eigenvalue weighted by molar-refractivity contribution is 7.92. The number of aliphatic carboxylic acids is 1. The third-order valence-corrected chi connectivity index (χ3v) is 3.25. The summed E-state index contributed by atoms with van der Waals surface area (Å²) in [6.07, 6.45) is 0.467. The molecular weight excluding hydrogens is 224 g/mol. The zero-order valence-corrected chi connectivity index (χ0v) is 9.25. The predicted molar refractivity (Wildman–Crippen MR) is 52.2 cm³/mol. The van der Waals surface area contributed by atoms with E-state index in [1.165, 1.54) is 0 Å². The lowest BCUT2D eigenvalue weighted by molar-refractivity contribution is -0.138. The SMILES string of the molecule is COC(=O)CS(=O)(=O)CCCCC(=O)O. The third kappa shape index (κ3) is 7.92. The van der Waals surface area contributed by atoms with Crippen LogP contribution < -0.4 is 0 Å². The quantitative estimate of drug-likeness (QED) is 0.488. The number of rotatable bonds is 7. The smallest absolute Gasteiger partial charge is 0.320 e. The van der Waals surface area contributed by atoms with Crippen LogP contribution in [0.15, 0.2) is 0 Å². The lowest BCUT2D eigenvalue weighted by Gasteiger charge is -2.01. The molecule has 0 aromatic carbocycles. The van der Waals surface area contributed by atoms with Crippen molar-refractivity contribution in [1.82, 2.24) is 0 Å². The molecule has 0 bridgehead atoms. The van der Waals surface area contributed by atoms with Crippen molar-refractivity contribution in [2.75, 3.05) is 18.6 Å². The number of carboxylic acid groups (broad SMARTS) is 1. The number of carbonyl (C=O) groups is 2. The molecule has 88 valence electrons. The summed E-state index contributed by atoms with van der Waals surface area (Å²) in [6, 6.07) is 0. The van der Waals surface area contributed by atoms with Crippen molar-refractivity contribution < 1.29 is 27.9 Å². The van der Waals surface area contributed by atoms with Crippen LogP contribution >= 0.6 is 0 Å². The van der Waals surface area contributed by atoms with E-state index in [1.54, 1.807) is 0 Å². The van der Waals surface area contributed by atoms with Gasteiger partial charge in [-0.25, -0.2) is 8.42 Å². The minimum atomic E-state index is -3.46. The second-order valence-corrected chi connectivity index (χ2v) is 5.20. The summed E-state index contributed by atoms with van der Waals surface area (Å²) >= 11 is 0. The van der Waals surface area contributed by atoms with Crippen LogP contribution in [-0.2, 0) is 24.2 Å². The summed E-state index contributed by atoms with van der Waals surface area (Å²) < 4.78 is 26.6. The summed E-state index contributed by atoms with van der Waals surface area (Å²) in [7, 11) is -2.34. The monoisotopic (exact) mass is 238 g/mol. The summed E-state index contributed by atoms with van der Waals surface area (Å²) in [6.45, 7) is 0. The Morgan fingerprint density at radius 3 is 2.33 bits per heavy atom. The van der Waals surface area contributed by atoms with E-state index >= 15 is 0 Å². The van der Waals surface area contributed by atoms with E-state index in [0.717, 1.165) is 7.11 Å². The third-order valence-electron chi connectivity index (χ3n) is 1.66. The van der Waals surface area contributed by atoms with Crippen LogP contribution in [0.1, 0.15) is 19.3 Å². The van der Waals surface area contributed by atoms with Crippen molar-refractivity contribution >= 4 is 21.8 Å². The van der Waals surface area contributed by atoms with Crippen molar-refractivity contribution in [3.63, 3.8) is 0 Å². The number of sulfone groups is 1. The summed E-state index contributed by atoms with van der Waals surface area (Å²) in [4.78, 5) is 20.8. The van der Waals surface area contributed by atoms with Crippen LogP contribution in [0, 0.1) is 0 Å². The largest absolute Gasteiger partial charge is 0.481 e. The minimum Gasteiger partial charge on any atom is -0.481 e. The Kier molecular flexibility index (Phi) is 5.92. The van der Waals surface area contributed by atoms with E-state index in [0.29, 0.717) is 0 Å². The second-order valence-electron chi connectivity index (χ2n) is 3.02. The molecule has 0 spiro atoms. The van der Waals surface area contributed by atoms with Crippen LogP contribution in [0.5, 0.6) is 0 Å². The highest BCUT2D eigenvalue weighted by Gasteiger charge is 2.16. The average Bonchev–Trinajstić information content (AvgIpc) is 2.11. The molecule has 0 aliphatic rings. The lowest BCUT2D eigenvalue weighted by atomic mass is 10.3. The molecule has 0 heterocycles. The zero-order valence-electron chi connectivity index (χ0n) is 8.43. The fraction of sp³-hybridized carbons (Fsp3) is 0.750. The molecule has 0 amide bonds. The first kappa shape index (κ1) is 13.9. The highest BCUT2D eigenvalue weighted by atomic mass is 32.2. The molecule has 0 radical (unpaired) electrons. The number of methoxy groups -OCH3 is 1. The number of unbranched alkanes of at least 4 members (excludes halogenated alkanes) is 1. The highest BCUT2D eigenvalue weighted by Crippen LogP contribution is 2.01. The van der Waals surface area contributed by atoms with Crippen molar-refractivity contribution in [2.24, 2.45) is 0 Å². The fourth-order valence-corrected chi connectivity index (χ4v) is 2.17. The van der Waals surface area contributed by atoms with Crippen LogP contribution in [-0.4, -0.2) is 44.1 Å². The molecule has 0 rings (SSSR count). The maximum absolute atomic E-state index is 11.2. The van der Waals surface area contributed by atoms with Crippen molar-refractivity contribution in [3.8, 4) is 0 Å². The normalized spacial score (nSPS) is 11.0. The minimum absolute atomic E-state index is 0.0618. The second kappa shape index (κ2) is 6.39. The molecule has 6 nitrogen and oxygen atoms in total. The van der Waals surface area contributed by atoms with Gasteiger partial charge in [0.2, 0.25) is 0 Å². The molecule has 1 N–H and O–H groups in total. The van der Waals surface area contributed by atoms with Gasteiger partial charge in [-0.2, -0.15) is 0 Å². The first-order chi connectivity index (χ1) is 6.87. The van der Waals surface area contributed by atoms with Gasteiger partial charge in [-0.3, -0.25) is 9.59 Å². The maximum atomic E-state index is 11.2. The van der Waals surface area contributed by atoms with Crippen molar-refractivity contribution in [2.45, 2.75) is 19.3 Å². The topological polar surface area (TPSA) is 97.7 Å². The Morgan fingerprint density at radius 2 is 1.87 bits per heavy atom. The first-order valence-corrected chi connectivity index (χ1v) is 6.18. The van der Waals surface area contributed by atoms with Gasteiger partial charge in [0.25, 0.3) is 0 Å². The molecule has 0 aromatic heterocycles. The molecule has 0 atom stereocenters. The summed E-state index contributed by atoms with van der Waals surface area (Å²) in [5.41, 5.74) is 0. The number of carbonyl (C=O) groups excluding carboxylic acids is 1. The Morgan fingerprint density at radius 1 is 1.27 bits per heavy atom. The Hall–Kier alpha value is -1.11. The van der Waals surface area contributed by atoms with Crippen molar-refractivity contribution in [3.05, 3.63) is 0 Å². The number of esters is 1. The molecule has 0 fully saturated rings. The van der Waals surface area contributed by atoms with E-state index < -0.39 is 27.5 Å². The molecule has 0 saturated carbocycles. The Balaban J connectivity index is 3.85.